The maximum absolute atomic E-state index is 13.2. The minimum atomic E-state index is -0.842. The molecule has 1 N–H and O–H groups in total. The molecule has 9 nitrogen and oxygen atoms in total. The van der Waals surface area contributed by atoms with Crippen LogP contribution in [0.4, 0.5) is 5.69 Å². The molecule has 2 heterocycles. The summed E-state index contributed by atoms with van der Waals surface area (Å²) in [5.41, 5.74) is 1.66. The number of benzene rings is 1. The molecule has 9 heteroatoms. The Morgan fingerprint density at radius 3 is 2.45 bits per heavy atom. The summed E-state index contributed by atoms with van der Waals surface area (Å²) in [7, 11) is 0. The molecule has 31 heavy (non-hydrogen) atoms. The van der Waals surface area contributed by atoms with Gasteiger partial charge in [0.15, 0.2) is 0 Å². The van der Waals surface area contributed by atoms with E-state index >= 15 is 0 Å². The van der Waals surface area contributed by atoms with Crippen molar-refractivity contribution in [1.82, 2.24) is 20.2 Å². The zero-order chi connectivity index (χ0) is 22.2. The number of amides is 2. The molecule has 3 rings (SSSR count). The number of rotatable bonds is 8. The van der Waals surface area contributed by atoms with Crippen LogP contribution in [0.1, 0.15) is 28.4 Å². The van der Waals surface area contributed by atoms with Crippen LogP contribution in [0.3, 0.4) is 0 Å². The lowest BCUT2D eigenvalue weighted by Gasteiger charge is -2.26. The minimum Gasteiger partial charge on any atom is -0.341 e. The molecule has 0 bridgehead atoms. The second kappa shape index (κ2) is 10.1. The standard InChI is InChI=1S/C22H21N5O4/c1-16(25-21(28)19-5-2-6-20(12-19)27(30)31)22(29)26(14-17-7-10-23-11-8-17)15-18-4-3-9-24-13-18/h2-13,16H,14-15H2,1H3,(H,25,28). The molecule has 0 aliphatic carbocycles. The molecule has 1 atom stereocenters. The predicted octanol–water partition coefficient (Wildman–Crippen LogP) is 2.73. The summed E-state index contributed by atoms with van der Waals surface area (Å²) in [5.74, 6) is -0.853. The number of non-ortho nitro benzene ring substituents is 1. The van der Waals surface area contributed by atoms with Crippen LogP contribution < -0.4 is 5.32 Å². The highest BCUT2D eigenvalue weighted by molar-refractivity contribution is 5.97. The quantitative estimate of drug-likeness (QED) is 0.443. The summed E-state index contributed by atoms with van der Waals surface area (Å²) in [6.45, 7) is 2.22. The molecule has 0 saturated carbocycles. The van der Waals surface area contributed by atoms with Gasteiger partial charge in [0.1, 0.15) is 6.04 Å². The van der Waals surface area contributed by atoms with Crippen molar-refractivity contribution in [3.8, 4) is 0 Å². The van der Waals surface area contributed by atoms with Crippen LogP contribution in [0.25, 0.3) is 0 Å². The summed E-state index contributed by atoms with van der Waals surface area (Å²) in [6.07, 6.45) is 6.63. The summed E-state index contributed by atoms with van der Waals surface area (Å²) < 4.78 is 0. The Labute approximate surface area is 178 Å². The number of carbonyl (C=O) groups excluding carboxylic acids is 2. The molecule has 0 radical (unpaired) electrons. The fourth-order valence-corrected chi connectivity index (χ4v) is 3.01. The van der Waals surface area contributed by atoms with Gasteiger partial charge in [0.2, 0.25) is 5.91 Å². The first kappa shape index (κ1) is 21.6. The van der Waals surface area contributed by atoms with E-state index in [0.29, 0.717) is 13.1 Å². The van der Waals surface area contributed by atoms with E-state index < -0.39 is 16.9 Å². The minimum absolute atomic E-state index is 0.113. The summed E-state index contributed by atoms with van der Waals surface area (Å²) in [4.78, 5) is 45.8. The topological polar surface area (TPSA) is 118 Å². The molecule has 0 saturated heterocycles. The first-order chi connectivity index (χ1) is 14.9. The van der Waals surface area contributed by atoms with E-state index in [-0.39, 0.29) is 17.2 Å². The smallest absolute Gasteiger partial charge is 0.270 e. The Balaban J connectivity index is 1.75. The Morgan fingerprint density at radius 1 is 1.03 bits per heavy atom. The van der Waals surface area contributed by atoms with Crippen LogP contribution in [-0.2, 0) is 17.9 Å². The molecule has 2 amide bonds. The van der Waals surface area contributed by atoms with Gasteiger partial charge in [-0.2, -0.15) is 0 Å². The number of nitro benzene ring substituents is 1. The molecule has 1 unspecified atom stereocenters. The first-order valence-corrected chi connectivity index (χ1v) is 9.56. The molecule has 0 aliphatic heterocycles. The van der Waals surface area contributed by atoms with E-state index in [0.717, 1.165) is 11.1 Å². The normalized spacial score (nSPS) is 11.4. The summed E-state index contributed by atoms with van der Waals surface area (Å²) in [5, 5.41) is 13.6. The molecule has 3 aromatic rings. The van der Waals surface area contributed by atoms with Crippen molar-refractivity contribution in [2.75, 3.05) is 0 Å². The highest BCUT2D eigenvalue weighted by Crippen LogP contribution is 2.14. The maximum atomic E-state index is 13.2. The number of nitrogens with one attached hydrogen (secondary N) is 1. The van der Waals surface area contributed by atoms with Crippen LogP contribution in [0, 0.1) is 10.1 Å². The first-order valence-electron chi connectivity index (χ1n) is 9.56. The van der Waals surface area contributed by atoms with Gasteiger partial charge in [0.25, 0.3) is 11.6 Å². The van der Waals surface area contributed by atoms with Crippen molar-refractivity contribution in [1.29, 1.82) is 0 Å². The van der Waals surface area contributed by atoms with Crippen molar-refractivity contribution >= 4 is 17.5 Å². The Morgan fingerprint density at radius 2 is 1.77 bits per heavy atom. The van der Waals surface area contributed by atoms with E-state index in [1.54, 1.807) is 42.7 Å². The van der Waals surface area contributed by atoms with Crippen LogP contribution in [0.2, 0.25) is 0 Å². The third kappa shape index (κ3) is 5.92. The summed E-state index contributed by atoms with van der Waals surface area (Å²) >= 11 is 0. The van der Waals surface area contributed by atoms with Crippen LogP contribution in [0.5, 0.6) is 0 Å². The van der Waals surface area contributed by atoms with Gasteiger partial charge in [-0.3, -0.25) is 29.7 Å². The highest BCUT2D eigenvalue weighted by Gasteiger charge is 2.24. The number of nitrogens with zero attached hydrogens (tertiary/aromatic N) is 4. The van der Waals surface area contributed by atoms with E-state index in [1.807, 2.05) is 18.2 Å². The van der Waals surface area contributed by atoms with Crippen LogP contribution in [0.15, 0.2) is 73.3 Å². The third-order valence-electron chi connectivity index (χ3n) is 4.57. The number of hydrogen-bond acceptors (Lipinski definition) is 6. The van der Waals surface area contributed by atoms with E-state index in [1.165, 1.54) is 24.3 Å². The maximum Gasteiger partial charge on any atom is 0.270 e. The number of hydrogen-bond donors (Lipinski definition) is 1. The van der Waals surface area contributed by atoms with Crippen molar-refractivity contribution in [2.45, 2.75) is 26.1 Å². The van der Waals surface area contributed by atoms with E-state index in [4.69, 9.17) is 0 Å². The van der Waals surface area contributed by atoms with Crippen molar-refractivity contribution in [3.05, 3.63) is 100 Å². The molecule has 2 aromatic heterocycles. The zero-order valence-electron chi connectivity index (χ0n) is 16.8. The van der Waals surface area contributed by atoms with Crippen LogP contribution in [-0.4, -0.2) is 37.6 Å². The lowest BCUT2D eigenvalue weighted by Crippen LogP contribution is -2.46. The molecular formula is C22H21N5O4. The molecule has 1 aromatic carbocycles. The lowest BCUT2D eigenvalue weighted by molar-refractivity contribution is -0.384. The Bertz CT molecular complexity index is 1020. The average Bonchev–Trinajstić information content (AvgIpc) is 2.79. The number of carbonyl (C=O) groups is 2. The van der Waals surface area contributed by atoms with Gasteiger partial charge in [-0.15, -0.1) is 0 Å². The Hall–Kier alpha value is -4.14. The van der Waals surface area contributed by atoms with Gasteiger partial charge in [-0.1, -0.05) is 12.1 Å². The zero-order valence-corrected chi connectivity index (χ0v) is 16.8. The van der Waals surface area contributed by atoms with E-state index in [9.17, 15) is 19.7 Å². The molecular weight excluding hydrogens is 398 g/mol. The number of pyridine rings is 2. The molecule has 0 aliphatic rings. The average molecular weight is 419 g/mol. The molecule has 158 valence electrons. The van der Waals surface area contributed by atoms with Gasteiger partial charge in [0, 0.05) is 55.6 Å². The molecule has 0 spiro atoms. The van der Waals surface area contributed by atoms with Crippen molar-refractivity contribution in [3.63, 3.8) is 0 Å². The monoisotopic (exact) mass is 419 g/mol. The second-order valence-corrected chi connectivity index (χ2v) is 6.91. The Kier molecular flexibility index (Phi) is 7.00. The fraction of sp³-hybridized carbons (Fsp3) is 0.182. The lowest BCUT2D eigenvalue weighted by atomic mass is 10.1. The van der Waals surface area contributed by atoms with Crippen molar-refractivity contribution in [2.24, 2.45) is 0 Å². The van der Waals surface area contributed by atoms with Gasteiger partial charge < -0.3 is 10.2 Å². The van der Waals surface area contributed by atoms with Crippen molar-refractivity contribution < 1.29 is 14.5 Å². The highest BCUT2D eigenvalue weighted by atomic mass is 16.6. The largest absolute Gasteiger partial charge is 0.341 e. The predicted molar refractivity (Wildman–Crippen MR) is 113 cm³/mol. The van der Waals surface area contributed by atoms with Gasteiger partial charge >= 0.3 is 0 Å². The number of aromatic nitrogens is 2. The fourth-order valence-electron chi connectivity index (χ4n) is 3.01. The summed E-state index contributed by atoms with van der Waals surface area (Å²) in [6, 6.07) is 11.8. The second-order valence-electron chi connectivity index (χ2n) is 6.91. The van der Waals surface area contributed by atoms with Crippen LogP contribution >= 0.6 is 0 Å². The molecule has 0 fully saturated rings. The third-order valence-corrected chi connectivity index (χ3v) is 4.57. The van der Waals surface area contributed by atoms with Gasteiger partial charge in [0.05, 0.1) is 4.92 Å². The van der Waals surface area contributed by atoms with E-state index in [2.05, 4.69) is 15.3 Å². The SMILES string of the molecule is CC(NC(=O)c1cccc([N+](=O)[O-])c1)C(=O)N(Cc1ccncc1)Cc1cccnc1. The van der Waals surface area contributed by atoms with Gasteiger partial charge in [-0.25, -0.2) is 0 Å². The number of nitro groups is 1. The van der Waals surface area contributed by atoms with Gasteiger partial charge in [-0.05, 0) is 42.3 Å².